The van der Waals surface area contributed by atoms with Gasteiger partial charge in [0.15, 0.2) is 16.4 Å². The van der Waals surface area contributed by atoms with Crippen LogP contribution in [0.25, 0.3) is 0 Å². The number of aromatic nitrogens is 2. The van der Waals surface area contributed by atoms with Crippen molar-refractivity contribution in [3.63, 3.8) is 0 Å². The average molecular weight is 378 g/mol. The number of nitrogens with zero attached hydrogens (tertiary/aromatic N) is 2. The van der Waals surface area contributed by atoms with Gasteiger partial charge in [-0.15, -0.1) is 0 Å². The summed E-state index contributed by atoms with van der Waals surface area (Å²) in [7, 11) is -2.02. The van der Waals surface area contributed by atoms with Crippen molar-refractivity contribution in [2.24, 2.45) is 14.1 Å². The highest BCUT2D eigenvalue weighted by molar-refractivity contribution is 7.87. The van der Waals surface area contributed by atoms with Gasteiger partial charge in [-0.3, -0.25) is 14.2 Å². The number of carbonyl (C=O) groups excluding carboxylic acids is 1. The Hall–Kier alpha value is -2.68. The van der Waals surface area contributed by atoms with Crippen LogP contribution in [0.15, 0.2) is 32.8 Å². The summed E-state index contributed by atoms with van der Waals surface area (Å²) in [6.07, 6.45) is 1.19. The number of hydrogen-bond acceptors (Lipinski definition) is 6. The summed E-state index contributed by atoms with van der Waals surface area (Å²) in [6, 6.07) is 3.09. The molecular formula is C17H18N2O6S. The molecule has 9 heteroatoms. The zero-order valence-electron chi connectivity index (χ0n) is 14.8. The number of rotatable bonds is 3. The molecule has 0 N–H and O–H groups in total. The molecule has 1 aliphatic carbocycles. The molecule has 0 fully saturated rings. The zero-order chi connectivity index (χ0) is 19.4. The SMILES string of the molecule is Cc1ccc(OS(=O)(=O)c2cn(C)c(=O)n(C)c2=O)c2c1C(C)CC2=O. The van der Waals surface area contributed by atoms with Crippen molar-refractivity contribution in [2.75, 3.05) is 0 Å². The van der Waals surface area contributed by atoms with E-state index >= 15 is 0 Å². The van der Waals surface area contributed by atoms with Crippen molar-refractivity contribution in [3.8, 4) is 5.75 Å². The predicted octanol–water partition coefficient (Wildman–Crippen LogP) is 0.850. The number of hydrogen-bond donors (Lipinski definition) is 0. The Bertz CT molecular complexity index is 1160. The van der Waals surface area contributed by atoms with E-state index < -0.39 is 26.3 Å². The van der Waals surface area contributed by atoms with E-state index in [0.717, 1.165) is 21.9 Å². The number of Topliss-reactive ketones (excluding diaryl/α,β-unsaturated/α-hetero) is 1. The first kappa shape index (κ1) is 18.1. The molecule has 8 nitrogen and oxygen atoms in total. The first-order valence-electron chi connectivity index (χ1n) is 7.92. The Balaban J connectivity index is 2.16. The number of carbonyl (C=O) groups is 1. The van der Waals surface area contributed by atoms with Gasteiger partial charge in [-0.2, -0.15) is 8.42 Å². The number of fused-ring (bicyclic) bond motifs is 1. The molecule has 0 bridgehead atoms. The lowest BCUT2D eigenvalue weighted by Gasteiger charge is -2.13. The van der Waals surface area contributed by atoms with E-state index in [1.54, 1.807) is 6.07 Å². The van der Waals surface area contributed by atoms with Crippen molar-refractivity contribution < 1.29 is 17.4 Å². The van der Waals surface area contributed by atoms with Crippen LogP contribution in [0.3, 0.4) is 0 Å². The Morgan fingerprint density at radius 1 is 1.15 bits per heavy atom. The van der Waals surface area contributed by atoms with Crippen LogP contribution >= 0.6 is 0 Å². The molecule has 3 rings (SSSR count). The topological polar surface area (TPSA) is 104 Å². The molecule has 2 aromatic rings. The van der Waals surface area contributed by atoms with E-state index in [0.29, 0.717) is 4.57 Å². The highest BCUT2D eigenvalue weighted by Crippen LogP contribution is 2.40. The summed E-state index contributed by atoms with van der Waals surface area (Å²) in [4.78, 5) is 35.6. The lowest BCUT2D eigenvalue weighted by Crippen LogP contribution is -2.39. The molecule has 1 aromatic carbocycles. The van der Waals surface area contributed by atoms with Crippen LogP contribution in [0.4, 0.5) is 0 Å². The van der Waals surface area contributed by atoms with Crippen molar-refractivity contribution >= 4 is 15.9 Å². The summed E-state index contributed by atoms with van der Waals surface area (Å²) in [6.45, 7) is 3.73. The number of aryl methyl sites for hydroxylation is 2. The molecule has 1 aromatic heterocycles. The van der Waals surface area contributed by atoms with Crippen LogP contribution in [0.2, 0.25) is 0 Å². The Morgan fingerprint density at radius 2 is 1.81 bits per heavy atom. The van der Waals surface area contributed by atoms with Crippen molar-refractivity contribution in [1.29, 1.82) is 0 Å². The van der Waals surface area contributed by atoms with Crippen LogP contribution in [0.1, 0.15) is 40.7 Å². The third kappa shape index (κ3) is 2.68. The first-order chi connectivity index (χ1) is 12.0. The molecule has 0 saturated heterocycles. The van der Waals surface area contributed by atoms with Crippen LogP contribution in [0.5, 0.6) is 5.75 Å². The quantitative estimate of drug-likeness (QED) is 0.734. The molecule has 0 amide bonds. The summed E-state index contributed by atoms with van der Waals surface area (Å²) < 4.78 is 32.1. The fourth-order valence-electron chi connectivity index (χ4n) is 3.29. The summed E-state index contributed by atoms with van der Waals surface area (Å²) in [5.41, 5.74) is 0.227. The molecule has 26 heavy (non-hydrogen) atoms. The average Bonchev–Trinajstić information content (AvgIpc) is 2.87. The van der Waals surface area contributed by atoms with Crippen molar-refractivity contribution in [1.82, 2.24) is 9.13 Å². The zero-order valence-corrected chi connectivity index (χ0v) is 15.6. The third-order valence-electron chi connectivity index (χ3n) is 4.57. The fraction of sp³-hybridized carbons (Fsp3) is 0.353. The van der Waals surface area contributed by atoms with E-state index in [2.05, 4.69) is 0 Å². The smallest absolute Gasteiger partial charge is 0.346 e. The molecule has 1 aliphatic rings. The maximum Gasteiger partial charge on any atom is 0.346 e. The molecule has 1 atom stereocenters. The minimum absolute atomic E-state index is 0.0332. The lowest BCUT2D eigenvalue weighted by atomic mass is 9.98. The molecule has 138 valence electrons. The Kier molecular flexibility index (Phi) is 4.14. The monoisotopic (exact) mass is 378 g/mol. The third-order valence-corrected chi connectivity index (χ3v) is 5.79. The van der Waals surface area contributed by atoms with Crippen molar-refractivity contribution in [2.45, 2.75) is 31.1 Å². The van der Waals surface area contributed by atoms with Gasteiger partial charge in [0.1, 0.15) is 0 Å². The summed E-state index contributed by atoms with van der Waals surface area (Å²) >= 11 is 0. The van der Waals surface area contributed by atoms with E-state index in [1.165, 1.54) is 20.2 Å². The molecule has 1 heterocycles. The molecule has 1 unspecified atom stereocenters. The van der Waals surface area contributed by atoms with Gasteiger partial charge in [0.25, 0.3) is 5.56 Å². The highest BCUT2D eigenvalue weighted by atomic mass is 32.2. The minimum atomic E-state index is -4.53. The predicted molar refractivity (Wildman–Crippen MR) is 93.3 cm³/mol. The highest BCUT2D eigenvalue weighted by Gasteiger charge is 2.33. The lowest BCUT2D eigenvalue weighted by molar-refractivity contribution is 0.0989. The van der Waals surface area contributed by atoms with Crippen LogP contribution < -0.4 is 15.4 Å². The second-order valence-corrected chi connectivity index (χ2v) is 8.00. The van der Waals surface area contributed by atoms with Crippen LogP contribution in [-0.2, 0) is 24.2 Å². The Morgan fingerprint density at radius 3 is 2.46 bits per heavy atom. The molecule has 0 aliphatic heterocycles. The van der Waals surface area contributed by atoms with Gasteiger partial charge in [-0.05, 0) is 30.0 Å². The van der Waals surface area contributed by atoms with E-state index in [-0.39, 0.29) is 29.4 Å². The second-order valence-electron chi connectivity index (χ2n) is 6.49. The number of ketones is 1. The normalized spacial score (nSPS) is 16.6. The largest absolute Gasteiger partial charge is 0.378 e. The minimum Gasteiger partial charge on any atom is -0.378 e. The van der Waals surface area contributed by atoms with Gasteiger partial charge in [0.2, 0.25) is 0 Å². The van der Waals surface area contributed by atoms with Gasteiger partial charge in [0, 0.05) is 26.7 Å². The van der Waals surface area contributed by atoms with Crippen LogP contribution in [0, 0.1) is 6.92 Å². The van der Waals surface area contributed by atoms with E-state index in [4.69, 9.17) is 4.18 Å². The summed E-state index contributed by atoms with van der Waals surface area (Å²) in [5, 5.41) is 0. The number of benzene rings is 1. The first-order valence-corrected chi connectivity index (χ1v) is 9.33. The van der Waals surface area contributed by atoms with Gasteiger partial charge in [0.05, 0.1) is 5.56 Å². The van der Waals surface area contributed by atoms with Gasteiger partial charge >= 0.3 is 15.8 Å². The Labute approximate surface area is 149 Å². The van der Waals surface area contributed by atoms with Gasteiger partial charge < -0.3 is 8.75 Å². The standard InChI is InChI=1S/C17H18N2O6S/c1-9-5-6-12(15-11(20)7-10(2)14(9)15)25-26(23,24)13-8-18(3)17(22)19(4)16(13)21/h5-6,8,10H,7H2,1-4H3. The van der Waals surface area contributed by atoms with Gasteiger partial charge in [-0.25, -0.2) is 4.79 Å². The molecular weight excluding hydrogens is 360 g/mol. The van der Waals surface area contributed by atoms with E-state index in [1.807, 2.05) is 13.8 Å². The van der Waals surface area contributed by atoms with Crippen molar-refractivity contribution in [3.05, 3.63) is 55.9 Å². The van der Waals surface area contributed by atoms with Crippen LogP contribution in [-0.4, -0.2) is 23.3 Å². The second kappa shape index (κ2) is 5.94. The molecule has 0 spiro atoms. The van der Waals surface area contributed by atoms with Gasteiger partial charge in [-0.1, -0.05) is 13.0 Å². The summed E-state index contributed by atoms with van der Waals surface area (Å²) in [5.74, 6) is -0.334. The maximum absolute atomic E-state index is 12.6. The maximum atomic E-state index is 12.6. The molecule has 0 radical (unpaired) electrons. The molecule has 0 saturated carbocycles. The fourth-order valence-corrected chi connectivity index (χ4v) is 4.39. The van der Waals surface area contributed by atoms with E-state index in [9.17, 15) is 22.8 Å².